The fourth-order valence-electron chi connectivity index (χ4n) is 3.31. The lowest BCUT2D eigenvalue weighted by atomic mass is 10.2. The first-order chi connectivity index (χ1) is 17.0. The van der Waals surface area contributed by atoms with Crippen molar-refractivity contribution in [3.63, 3.8) is 0 Å². The van der Waals surface area contributed by atoms with E-state index in [4.69, 9.17) is 14.2 Å². The van der Waals surface area contributed by atoms with Gasteiger partial charge >= 0.3 is 5.97 Å². The summed E-state index contributed by atoms with van der Waals surface area (Å²) in [4.78, 5) is 24.7. The smallest absolute Gasteiger partial charge is 0.340 e. The average molecular weight is 494 g/mol. The molecule has 10 nitrogen and oxygen atoms in total. The monoisotopic (exact) mass is 493 g/mol. The molecular formula is C24H23N5O5S. The molecule has 180 valence electrons. The lowest BCUT2D eigenvalue weighted by Gasteiger charge is -2.10. The standard InChI is InChI=1S/C24H23N5O5S/c1-4-34-24(31)16-7-5-6-8-17(16)25-21(30)14-35-22-12-11-20-26-27-23(29(20)28-22)15-9-10-18(32-2)19(13-15)33-3/h5-13H,4,14H2,1-3H3,(H,25,30). The van der Waals surface area contributed by atoms with Crippen LogP contribution in [0.5, 0.6) is 11.5 Å². The van der Waals surface area contributed by atoms with Crippen molar-refractivity contribution >= 4 is 35.0 Å². The second kappa shape index (κ2) is 10.9. The first kappa shape index (κ1) is 24.0. The summed E-state index contributed by atoms with van der Waals surface area (Å²) in [5, 5.41) is 16.4. The Kier molecular flexibility index (Phi) is 7.46. The minimum Gasteiger partial charge on any atom is -0.493 e. The zero-order chi connectivity index (χ0) is 24.8. The molecule has 0 aliphatic rings. The first-order valence-corrected chi connectivity index (χ1v) is 11.7. The van der Waals surface area contributed by atoms with Gasteiger partial charge in [-0.25, -0.2) is 4.79 Å². The van der Waals surface area contributed by atoms with Gasteiger partial charge < -0.3 is 19.5 Å². The van der Waals surface area contributed by atoms with Gasteiger partial charge in [0.15, 0.2) is 23.0 Å². The number of hydrogen-bond donors (Lipinski definition) is 1. The Bertz CT molecular complexity index is 1370. The highest BCUT2D eigenvalue weighted by molar-refractivity contribution is 7.99. The molecule has 0 radical (unpaired) electrons. The summed E-state index contributed by atoms with van der Waals surface area (Å²) in [5.74, 6) is 1.01. The number of aromatic nitrogens is 4. The molecule has 1 N–H and O–H groups in total. The number of fused-ring (bicyclic) bond motifs is 1. The van der Waals surface area contributed by atoms with Gasteiger partial charge in [0, 0.05) is 5.56 Å². The number of anilines is 1. The summed E-state index contributed by atoms with van der Waals surface area (Å²) in [6.07, 6.45) is 0. The second-order valence-corrected chi connectivity index (χ2v) is 8.13. The highest BCUT2D eigenvalue weighted by Crippen LogP contribution is 2.31. The Morgan fingerprint density at radius 1 is 1.00 bits per heavy atom. The lowest BCUT2D eigenvalue weighted by molar-refractivity contribution is -0.113. The summed E-state index contributed by atoms with van der Waals surface area (Å²) in [7, 11) is 3.13. The van der Waals surface area contributed by atoms with Gasteiger partial charge in [0.2, 0.25) is 5.91 Å². The topological polar surface area (TPSA) is 117 Å². The van der Waals surface area contributed by atoms with Gasteiger partial charge in [-0.05, 0) is 49.4 Å². The molecule has 2 heterocycles. The molecule has 4 aromatic rings. The van der Waals surface area contributed by atoms with E-state index in [0.29, 0.717) is 39.2 Å². The van der Waals surface area contributed by atoms with E-state index in [2.05, 4.69) is 20.6 Å². The van der Waals surface area contributed by atoms with Gasteiger partial charge in [0.1, 0.15) is 5.03 Å². The Balaban J connectivity index is 1.50. The number of rotatable bonds is 9. The number of ether oxygens (including phenoxy) is 3. The van der Waals surface area contributed by atoms with Crippen LogP contribution in [-0.2, 0) is 9.53 Å². The molecule has 1 amide bonds. The molecule has 4 rings (SSSR count). The van der Waals surface area contributed by atoms with Gasteiger partial charge in [-0.3, -0.25) is 4.79 Å². The number of nitrogens with zero attached hydrogens (tertiary/aromatic N) is 4. The Labute approximate surface area is 205 Å². The van der Waals surface area contributed by atoms with Crippen LogP contribution >= 0.6 is 11.8 Å². The van der Waals surface area contributed by atoms with Crippen molar-refractivity contribution in [1.82, 2.24) is 19.8 Å². The molecule has 0 spiro atoms. The summed E-state index contributed by atoms with van der Waals surface area (Å²) in [6.45, 7) is 1.98. The van der Waals surface area contributed by atoms with E-state index in [1.54, 1.807) is 74.2 Å². The number of methoxy groups -OCH3 is 2. The largest absolute Gasteiger partial charge is 0.493 e. The van der Waals surface area contributed by atoms with E-state index in [1.807, 2.05) is 6.07 Å². The third-order valence-electron chi connectivity index (χ3n) is 4.93. The van der Waals surface area contributed by atoms with E-state index in [0.717, 1.165) is 5.56 Å². The molecule has 0 unspecified atom stereocenters. The summed E-state index contributed by atoms with van der Waals surface area (Å²) < 4.78 is 17.3. The second-order valence-electron chi connectivity index (χ2n) is 7.14. The molecule has 2 aromatic heterocycles. The van der Waals surface area contributed by atoms with Crippen molar-refractivity contribution < 1.29 is 23.8 Å². The van der Waals surface area contributed by atoms with E-state index < -0.39 is 5.97 Å². The predicted octanol–water partition coefficient (Wildman–Crippen LogP) is 3.72. The minimum absolute atomic E-state index is 0.0868. The van der Waals surface area contributed by atoms with E-state index in [9.17, 15) is 9.59 Å². The van der Waals surface area contributed by atoms with Crippen molar-refractivity contribution in [3.05, 3.63) is 60.2 Å². The maximum absolute atomic E-state index is 12.6. The SMILES string of the molecule is CCOC(=O)c1ccccc1NC(=O)CSc1ccc2nnc(-c3ccc(OC)c(OC)c3)n2n1. The number of esters is 1. The number of thioether (sulfide) groups is 1. The molecule has 0 atom stereocenters. The first-order valence-electron chi connectivity index (χ1n) is 10.7. The molecule has 0 aliphatic heterocycles. The number of para-hydroxylation sites is 1. The third-order valence-corrected chi connectivity index (χ3v) is 5.85. The van der Waals surface area contributed by atoms with Gasteiger partial charge in [-0.15, -0.1) is 10.2 Å². The predicted molar refractivity (Wildman–Crippen MR) is 131 cm³/mol. The van der Waals surface area contributed by atoms with E-state index >= 15 is 0 Å². The fraction of sp³-hybridized carbons (Fsp3) is 0.208. The van der Waals surface area contributed by atoms with Crippen LogP contribution in [0, 0.1) is 0 Å². The maximum Gasteiger partial charge on any atom is 0.340 e. The average Bonchev–Trinajstić information content (AvgIpc) is 3.30. The molecular weight excluding hydrogens is 470 g/mol. The molecule has 2 aromatic carbocycles. The molecule has 0 bridgehead atoms. The van der Waals surface area contributed by atoms with Crippen molar-refractivity contribution in [3.8, 4) is 22.9 Å². The molecule has 35 heavy (non-hydrogen) atoms. The van der Waals surface area contributed by atoms with Crippen LogP contribution in [0.15, 0.2) is 59.6 Å². The van der Waals surface area contributed by atoms with Crippen molar-refractivity contribution in [2.24, 2.45) is 0 Å². The van der Waals surface area contributed by atoms with Crippen LogP contribution in [0.3, 0.4) is 0 Å². The minimum atomic E-state index is -0.488. The summed E-state index contributed by atoms with van der Waals surface area (Å²) in [6, 6.07) is 15.7. The summed E-state index contributed by atoms with van der Waals surface area (Å²) in [5.41, 5.74) is 2.01. The number of amides is 1. The van der Waals surface area contributed by atoms with E-state index in [1.165, 1.54) is 11.8 Å². The molecule has 0 saturated carbocycles. The van der Waals surface area contributed by atoms with Gasteiger partial charge in [-0.2, -0.15) is 9.61 Å². The quantitative estimate of drug-likeness (QED) is 0.275. The van der Waals surface area contributed by atoms with Crippen LogP contribution in [0.2, 0.25) is 0 Å². The Morgan fingerprint density at radius 3 is 2.57 bits per heavy atom. The number of carbonyl (C=O) groups is 2. The van der Waals surface area contributed by atoms with E-state index in [-0.39, 0.29) is 18.3 Å². The van der Waals surface area contributed by atoms with Crippen LogP contribution in [0.4, 0.5) is 5.69 Å². The zero-order valence-corrected chi connectivity index (χ0v) is 20.2. The zero-order valence-electron chi connectivity index (χ0n) is 19.3. The third kappa shape index (κ3) is 5.35. The van der Waals surface area contributed by atoms with Crippen molar-refractivity contribution in [2.45, 2.75) is 11.9 Å². The fourth-order valence-corrected chi connectivity index (χ4v) is 3.96. The van der Waals surface area contributed by atoms with Crippen LogP contribution in [0.1, 0.15) is 17.3 Å². The molecule has 0 aliphatic carbocycles. The number of carbonyl (C=O) groups excluding carboxylic acids is 2. The normalized spacial score (nSPS) is 10.7. The summed E-state index contributed by atoms with van der Waals surface area (Å²) >= 11 is 1.25. The van der Waals surface area contributed by atoms with Crippen molar-refractivity contribution in [1.29, 1.82) is 0 Å². The number of hydrogen-bond acceptors (Lipinski definition) is 9. The number of benzene rings is 2. The van der Waals surface area contributed by atoms with Gasteiger partial charge in [-0.1, -0.05) is 23.9 Å². The lowest BCUT2D eigenvalue weighted by Crippen LogP contribution is -2.17. The van der Waals surface area contributed by atoms with Crippen molar-refractivity contribution in [2.75, 3.05) is 31.9 Å². The molecule has 0 fully saturated rings. The highest BCUT2D eigenvalue weighted by atomic mass is 32.2. The van der Waals surface area contributed by atoms with Gasteiger partial charge in [0.05, 0.1) is 37.8 Å². The molecule has 0 saturated heterocycles. The van der Waals surface area contributed by atoms with Gasteiger partial charge in [0.25, 0.3) is 0 Å². The Morgan fingerprint density at radius 2 is 1.80 bits per heavy atom. The Hall–Kier alpha value is -4.12. The molecule has 11 heteroatoms. The maximum atomic E-state index is 12.6. The van der Waals surface area contributed by atoms with Crippen LogP contribution in [0.25, 0.3) is 17.0 Å². The van der Waals surface area contributed by atoms with Crippen LogP contribution < -0.4 is 14.8 Å². The van der Waals surface area contributed by atoms with Crippen LogP contribution in [-0.4, -0.2) is 58.3 Å². The number of nitrogens with one attached hydrogen (secondary N) is 1. The highest BCUT2D eigenvalue weighted by Gasteiger charge is 2.16.